The first kappa shape index (κ1) is 15.0. The van der Waals surface area contributed by atoms with E-state index < -0.39 is 11.7 Å². The second-order valence-electron chi connectivity index (χ2n) is 5.59. The molecule has 0 aliphatic carbocycles. The molecule has 1 N–H and O–H groups in total. The van der Waals surface area contributed by atoms with Crippen LogP contribution in [0.4, 0.5) is 0 Å². The number of hydrogen-bond donors (Lipinski definition) is 1. The normalized spacial score (nSPS) is 25.7. The van der Waals surface area contributed by atoms with Crippen molar-refractivity contribution in [3.8, 4) is 0 Å². The van der Waals surface area contributed by atoms with Crippen LogP contribution in [0.5, 0.6) is 0 Å². The molecule has 0 bridgehead atoms. The summed E-state index contributed by atoms with van der Waals surface area (Å²) in [5.74, 6) is 0. The van der Waals surface area contributed by atoms with E-state index in [1.165, 1.54) is 0 Å². The van der Waals surface area contributed by atoms with Crippen LogP contribution in [0, 0.1) is 5.21 Å². The molecule has 2 atom stereocenters. The third kappa shape index (κ3) is 2.11. The molecule has 4 nitrogen and oxygen atoms in total. The van der Waals surface area contributed by atoms with Crippen LogP contribution in [0.3, 0.4) is 0 Å². The highest BCUT2D eigenvalue weighted by atomic mass is 35.5. The second kappa shape index (κ2) is 5.39. The summed E-state index contributed by atoms with van der Waals surface area (Å²) < 4.78 is 0.885. The zero-order valence-corrected chi connectivity index (χ0v) is 13.2. The maximum atomic E-state index is 13.0. The lowest BCUT2D eigenvalue weighted by Gasteiger charge is -2.29. The smallest absolute Gasteiger partial charge is 0.274 e. The van der Waals surface area contributed by atoms with Crippen LogP contribution in [-0.2, 0) is 5.66 Å². The molecular weight excluding hydrogens is 300 g/mol. The molecule has 2 aromatic carbocycles. The van der Waals surface area contributed by atoms with Crippen molar-refractivity contribution in [2.24, 2.45) is 0 Å². The summed E-state index contributed by atoms with van der Waals surface area (Å²) in [4.78, 5) is 0. The molecule has 2 aromatic rings. The topological polar surface area (TPSA) is 49.5 Å². The van der Waals surface area contributed by atoms with Gasteiger partial charge >= 0.3 is 0 Å². The summed E-state index contributed by atoms with van der Waals surface area (Å²) in [6.45, 7) is 3.53. The van der Waals surface area contributed by atoms with Gasteiger partial charge in [0.15, 0.2) is 0 Å². The average Bonchev–Trinajstić information content (AvgIpc) is 2.71. The Labute approximate surface area is 134 Å². The molecule has 0 fully saturated rings. The van der Waals surface area contributed by atoms with Crippen LogP contribution in [0.25, 0.3) is 0 Å². The van der Waals surface area contributed by atoms with Crippen molar-refractivity contribution in [1.82, 2.24) is 5.06 Å². The lowest BCUT2D eigenvalue weighted by molar-refractivity contribution is -0.595. The van der Waals surface area contributed by atoms with Gasteiger partial charge in [-0.05, 0) is 31.2 Å². The minimum Gasteiger partial charge on any atom is -0.622 e. The standard InChI is InChI=1S/C17H17ClN2O2/c1-12-16(13-8-10-15(18)11-9-13)20(22)17(2,19(12)21)14-6-4-3-5-7-14/h3-12,21H,1-2H3. The molecule has 1 aliphatic heterocycles. The molecule has 0 spiro atoms. The summed E-state index contributed by atoms with van der Waals surface area (Å²) in [5, 5.41) is 25.3. The Bertz CT molecular complexity index is 715. The van der Waals surface area contributed by atoms with Crippen molar-refractivity contribution < 1.29 is 9.95 Å². The highest BCUT2D eigenvalue weighted by Crippen LogP contribution is 2.36. The molecule has 0 saturated heterocycles. The first-order valence-electron chi connectivity index (χ1n) is 7.10. The van der Waals surface area contributed by atoms with E-state index in [0.29, 0.717) is 10.7 Å². The first-order chi connectivity index (χ1) is 10.5. The van der Waals surface area contributed by atoms with Gasteiger partial charge in [0.25, 0.3) is 5.66 Å². The first-order valence-corrected chi connectivity index (χ1v) is 7.48. The van der Waals surface area contributed by atoms with E-state index in [0.717, 1.165) is 20.9 Å². The van der Waals surface area contributed by atoms with Gasteiger partial charge in [0.05, 0.1) is 0 Å². The van der Waals surface area contributed by atoms with E-state index in [-0.39, 0.29) is 0 Å². The largest absolute Gasteiger partial charge is 0.622 e. The Hall–Kier alpha value is -1.88. The highest BCUT2D eigenvalue weighted by Gasteiger charge is 2.54. The van der Waals surface area contributed by atoms with Crippen molar-refractivity contribution in [2.45, 2.75) is 25.6 Å². The Morgan fingerprint density at radius 2 is 1.73 bits per heavy atom. The van der Waals surface area contributed by atoms with Crippen LogP contribution >= 0.6 is 11.6 Å². The number of benzene rings is 2. The van der Waals surface area contributed by atoms with Gasteiger partial charge in [-0.25, -0.2) is 0 Å². The molecule has 1 heterocycles. The maximum absolute atomic E-state index is 13.0. The Morgan fingerprint density at radius 1 is 1.14 bits per heavy atom. The fraction of sp³-hybridized carbons (Fsp3) is 0.235. The lowest BCUT2D eigenvalue weighted by atomic mass is 10.0. The minimum absolute atomic E-state index is 0.427. The van der Waals surface area contributed by atoms with E-state index in [9.17, 15) is 10.4 Å². The van der Waals surface area contributed by atoms with Crippen molar-refractivity contribution >= 4 is 17.3 Å². The van der Waals surface area contributed by atoms with E-state index in [1.54, 1.807) is 31.2 Å². The maximum Gasteiger partial charge on any atom is 0.274 e. The molecular formula is C17H17ClN2O2. The quantitative estimate of drug-likeness (QED) is 0.680. The zero-order chi connectivity index (χ0) is 15.9. The van der Waals surface area contributed by atoms with Crippen LogP contribution in [0.1, 0.15) is 25.0 Å². The fourth-order valence-corrected chi connectivity index (χ4v) is 3.10. The summed E-state index contributed by atoms with van der Waals surface area (Å²) in [6.07, 6.45) is 0. The van der Waals surface area contributed by atoms with Gasteiger partial charge in [-0.15, -0.1) is 5.06 Å². The Morgan fingerprint density at radius 3 is 2.32 bits per heavy atom. The van der Waals surface area contributed by atoms with Gasteiger partial charge in [0.2, 0.25) is 5.71 Å². The van der Waals surface area contributed by atoms with E-state index in [1.807, 2.05) is 37.3 Å². The highest BCUT2D eigenvalue weighted by molar-refractivity contribution is 6.30. The second-order valence-corrected chi connectivity index (χ2v) is 6.03. The molecule has 3 rings (SSSR count). The number of rotatable bonds is 2. The van der Waals surface area contributed by atoms with Gasteiger partial charge in [0.1, 0.15) is 6.04 Å². The molecule has 0 amide bonds. The predicted molar refractivity (Wildman–Crippen MR) is 86.1 cm³/mol. The summed E-state index contributed by atoms with van der Waals surface area (Å²) >= 11 is 5.91. The van der Waals surface area contributed by atoms with Gasteiger partial charge in [0, 0.05) is 23.1 Å². The van der Waals surface area contributed by atoms with Gasteiger partial charge in [-0.2, -0.15) is 4.74 Å². The van der Waals surface area contributed by atoms with Crippen LogP contribution in [-0.4, -0.2) is 26.8 Å². The third-order valence-electron chi connectivity index (χ3n) is 4.28. The summed E-state index contributed by atoms with van der Waals surface area (Å²) in [7, 11) is 0. The Kier molecular flexibility index (Phi) is 3.68. The summed E-state index contributed by atoms with van der Waals surface area (Å²) in [5.41, 5.74) is 0.856. The zero-order valence-electron chi connectivity index (χ0n) is 12.4. The summed E-state index contributed by atoms with van der Waals surface area (Å²) in [6, 6.07) is 15.9. The van der Waals surface area contributed by atoms with Gasteiger partial charge in [-0.1, -0.05) is 41.9 Å². The van der Waals surface area contributed by atoms with Gasteiger partial charge in [-0.3, -0.25) is 0 Å². The molecule has 0 aromatic heterocycles. The molecule has 5 heteroatoms. The minimum atomic E-state index is -1.16. The molecule has 1 aliphatic rings. The van der Waals surface area contributed by atoms with Crippen LogP contribution in [0.2, 0.25) is 5.02 Å². The molecule has 2 unspecified atom stereocenters. The molecule has 22 heavy (non-hydrogen) atoms. The van der Waals surface area contributed by atoms with Gasteiger partial charge < -0.3 is 10.4 Å². The SMILES string of the molecule is CC1C(c2ccc(Cl)cc2)=[N+]([O-])C(C)(c2ccccc2)N1O. The molecule has 0 radical (unpaired) electrons. The fourth-order valence-electron chi connectivity index (χ4n) is 2.97. The van der Waals surface area contributed by atoms with E-state index in [2.05, 4.69) is 0 Å². The predicted octanol–water partition coefficient (Wildman–Crippen LogP) is 3.61. The molecule has 0 saturated carbocycles. The number of nitrogens with zero attached hydrogens (tertiary/aromatic N) is 2. The van der Waals surface area contributed by atoms with E-state index >= 15 is 0 Å². The number of hydrogen-bond acceptors (Lipinski definition) is 3. The monoisotopic (exact) mass is 316 g/mol. The Balaban J connectivity index is 2.16. The van der Waals surface area contributed by atoms with Crippen LogP contribution < -0.4 is 0 Å². The van der Waals surface area contributed by atoms with Crippen molar-refractivity contribution in [2.75, 3.05) is 0 Å². The lowest BCUT2D eigenvalue weighted by Crippen LogP contribution is -2.45. The van der Waals surface area contributed by atoms with Crippen LogP contribution in [0.15, 0.2) is 54.6 Å². The van der Waals surface area contributed by atoms with E-state index in [4.69, 9.17) is 11.6 Å². The third-order valence-corrected chi connectivity index (χ3v) is 4.54. The number of hydroxylamine groups is 3. The van der Waals surface area contributed by atoms with Crippen molar-refractivity contribution in [3.05, 3.63) is 76.0 Å². The molecule has 114 valence electrons. The van der Waals surface area contributed by atoms with Crippen molar-refractivity contribution in [3.63, 3.8) is 0 Å². The number of halogens is 1. The average molecular weight is 317 g/mol. The van der Waals surface area contributed by atoms with Crippen molar-refractivity contribution in [1.29, 1.82) is 0 Å².